The molecule has 0 bridgehead atoms. The van der Waals surface area contributed by atoms with Crippen molar-refractivity contribution in [1.82, 2.24) is 15.3 Å². The fraction of sp³-hybridized carbons (Fsp3) is 0.714. The third-order valence-electron chi connectivity index (χ3n) is 4.26. The van der Waals surface area contributed by atoms with Crippen LogP contribution in [0.3, 0.4) is 0 Å². The summed E-state index contributed by atoms with van der Waals surface area (Å²) in [5.74, 6) is 1.44. The molecule has 7 heteroatoms. The summed E-state index contributed by atoms with van der Waals surface area (Å²) < 4.78 is 23.3. The van der Waals surface area contributed by atoms with E-state index in [0.29, 0.717) is 17.5 Å². The quantitative estimate of drug-likeness (QED) is 0.882. The second kappa shape index (κ2) is 6.27. The third kappa shape index (κ3) is 3.91. The molecule has 2 aliphatic rings. The molecule has 0 aromatic carbocycles. The molecule has 0 amide bonds. The van der Waals surface area contributed by atoms with E-state index in [9.17, 15) is 8.42 Å². The van der Waals surface area contributed by atoms with Gasteiger partial charge >= 0.3 is 0 Å². The molecule has 3 rings (SSSR count). The number of hydrogen-bond donors (Lipinski definition) is 1. The molecule has 0 saturated carbocycles. The minimum absolute atomic E-state index is 0.133. The predicted octanol–water partition coefficient (Wildman–Crippen LogP) is 0.612. The second-order valence-electron chi connectivity index (χ2n) is 5.93. The van der Waals surface area contributed by atoms with Gasteiger partial charge in [-0.15, -0.1) is 0 Å². The Kier molecular flexibility index (Phi) is 4.40. The molecule has 2 fully saturated rings. The van der Waals surface area contributed by atoms with E-state index in [-0.39, 0.29) is 6.04 Å². The Bertz CT molecular complexity index is 556. The number of rotatable bonds is 3. The second-order valence-corrected chi connectivity index (χ2v) is 8.16. The Morgan fingerprint density at radius 1 is 1.10 bits per heavy atom. The Morgan fingerprint density at radius 2 is 1.81 bits per heavy atom. The van der Waals surface area contributed by atoms with Crippen molar-refractivity contribution in [2.45, 2.75) is 37.8 Å². The van der Waals surface area contributed by atoms with Crippen LogP contribution in [-0.4, -0.2) is 55.1 Å². The first-order valence-corrected chi connectivity index (χ1v) is 9.43. The minimum Gasteiger partial charge on any atom is -0.341 e. The summed E-state index contributed by atoms with van der Waals surface area (Å²) in [5, 5.41) is 3.54. The van der Waals surface area contributed by atoms with Crippen LogP contribution in [0, 0.1) is 0 Å². The van der Waals surface area contributed by atoms with Gasteiger partial charge in [0.1, 0.15) is 0 Å². The van der Waals surface area contributed by atoms with Crippen LogP contribution < -0.4 is 10.2 Å². The molecule has 0 spiro atoms. The fourth-order valence-electron chi connectivity index (χ4n) is 3.19. The molecule has 2 aliphatic heterocycles. The zero-order valence-electron chi connectivity index (χ0n) is 12.1. The number of nitrogens with zero attached hydrogens (tertiary/aromatic N) is 3. The van der Waals surface area contributed by atoms with Crippen LogP contribution in [0.4, 0.5) is 5.95 Å². The molecule has 1 atom stereocenters. The van der Waals surface area contributed by atoms with E-state index in [1.54, 1.807) is 12.4 Å². The highest BCUT2D eigenvalue weighted by atomic mass is 32.2. The average molecular weight is 310 g/mol. The van der Waals surface area contributed by atoms with Crippen molar-refractivity contribution < 1.29 is 8.42 Å². The predicted molar refractivity (Wildman–Crippen MR) is 82.1 cm³/mol. The van der Waals surface area contributed by atoms with Gasteiger partial charge in [-0.1, -0.05) is 0 Å². The SMILES string of the molecule is O=S1(=O)CCCC(NC2CCN(c3ncccn3)CC2)C1. The van der Waals surface area contributed by atoms with Crippen molar-refractivity contribution in [3.8, 4) is 0 Å². The summed E-state index contributed by atoms with van der Waals surface area (Å²) in [5.41, 5.74) is 0. The first-order chi connectivity index (χ1) is 10.1. The van der Waals surface area contributed by atoms with E-state index in [1.807, 2.05) is 6.07 Å². The molecular weight excluding hydrogens is 288 g/mol. The molecule has 1 N–H and O–H groups in total. The average Bonchev–Trinajstić information content (AvgIpc) is 2.48. The van der Waals surface area contributed by atoms with E-state index < -0.39 is 9.84 Å². The van der Waals surface area contributed by atoms with Gasteiger partial charge in [0, 0.05) is 37.6 Å². The van der Waals surface area contributed by atoms with Gasteiger partial charge in [0.2, 0.25) is 5.95 Å². The molecule has 116 valence electrons. The van der Waals surface area contributed by atoms with E-state index >= 15 is 0 Å². The number of nitrogens with one attached hydrogen (secondary N) is 1. The first kappa shape index (κ1) is 14.7. The van der Waals surface area contributed by atoms with Gasteiger partial charge in [-0.2, -0.15) is 0 Å². The molecule has 1 aromatic rings. The van der Waals surface area contributed by atoms with E-state index in [0.717, 1.165) is 44.7 Å². The van der Waals surface area contributed by atoms with Crippen LogP contribution >= 0.6 is 0 Å². The number of aromatic nitrogens is 2. The Morgan fingerprint density at radius 3 is 2.48 bits per heavy atom. The molecule has 1 aromatic heterocycles. The van der Waals surface area contributed by atoms with Gasteiger partial charge in [0.15, 0.2) is 9.84 Å². The minimum atomic E-state index is -2.83. The molecule has 3 heterocycles. The van der Waals surface area contributed by atoms with E-state index in [1.165, 1.54) is 0 Å². The van der Waals surface area contributed by atoms with Crippen LogP contribution in [0.15, 0.2) is 18.5 Å². The van der Waals surface area contributed by atoms with Crippen LogP contribution in [0.5, 0.6) is 0 Å². The molecule has 0 radical (unpaired) electrons. The summed E-state index contributed by atoms with van der Waals surface area (Å²) >= 11 is 0. The molecule has 2 saturated heterocycles. The lowest BCUT2D eigenvalue weighted by atomic mass is 10.0. The molecular formula is C14H22N4O2S. The van der Waals surface area contributed by atoms with Crippen molar-refractivity contribution >= 4 is 15.8 Å². The smallest absolute Gasteiger partial charge is 0.225 e. The van der Waals surface area contributed by atoms with Gasteiger partial charge < -0.3 is 10.2 Å². The lowest BCUT2D eigenvalue weighted by Gasteiger charge is -2.35. The summed E-state index contributed by atoms with van der Waals surface area (Å²) in [6.45, 7) is 1.84. The topological polar surface area (TPSA) is 75.2 Å². The van der Waals surface area contributed by atoms with Gasteiger partial charge in [-0.3, -0.25) is 0 Å². The van der Waals surface area contributed by atoms with Crippen molar-refractivity contribution in [2.75, 3.05) is 29.5 Å². The molecule has 0 aliphatic carbocycles. The Hall–Kier alpha value is -1.21. The highest BCUT2D eigenvalue weighted by molar-refractivity contribution is 7.91. The molecule has 21 heavy (non-hydrogen) atoms. The van der Waals surface area contributed by atoms with E-state index in [2.05, 4.69) is 20.2 Å². The summed E-state index contributed by atoms with van der Waals surface area (Å²) in [7, 11) is -2.83. The van der Waals surface area contributed by atoms with Crippen molar-refractivity contribution in [3.05, 3.63) is 18.5 Å². The lowest BCUT2D eigenvalue weighted by Crippen LogP contribution is -2.49. The summed E-state index contributed by atoms with van der Waals surface area (Å²) in [6, 6.07) is 2.36. The normalized spacial score (nSPS) is 26.7. The zero-order valence-corrected chi connectivity index (χ0v) is 12.9. The van der Waals surface area contributed by atoms with E-state index in [4.69, 9.17) is 0 Å². The van der Waals surface area contributed by atoms with Gasteiger partial charge in [0.25, 0.3) is 0 Å². The maximum Gasteiger partial charge on any atom is 0.225 e. The molecule has 1 unspecified atom stereocenters. The van der Waals surface area contributed by atoms with Crippen molar-refractivity contribution in [2.24, 2.45) is 0 Å². The summed E-state index contributed by atoms with van der Waals surface area (Å²) in [4.78, 5) is 10.7. The maximum atomic E-state index is 11.7. The number of hydrogen-bond acceptors (Lipinski definition) is 6. The van der Waals surface area contributed by atoms with Gasteiger partial charge in [-0.25, -0.2) is 18.4 Å². The first-order valence-electron chi connectivity index (χ1n) is 7.61. The number of sulfone groups is 1. The standard InChI is InChI=1S/C14H22N4O2S/c19-21(20)10-1-3-13(11-21)17-12-4-8-18(9-5-12)14-15-6-2-7-16-14/h2,6-7,12-13,17H,1,3-5,8-11H2. The fourth-order valence-corrected chi connectivity index (χ4v) is 4.84. The summed E-state index contributed by atoms with van der Waals surface area (Å²) in [6.07, 6.45) is 7.31. The van der Waals surface area contributed by atoms with Crippen LogP contribution in [-0.2, 0) is 9.84 Å². The van der Waals surface area contributed by atoms with Crippen LogP contribution in [0.25, 0.3) is 0 Å². The monoisotopic (exact) mass is 310 g/mol. The Labute approximate surface area is 125 Å². The zero-order chi connectivity index (χ0) is 14.7. The van der Waals surface area contributed by atoms with Crippen molar-refractivity contribution in [1.29, 1.82) is 0 Å². The van der Waals surface area contributed by atoms with Crippen molar-refractivity contribution in [3.63, 3.8) is 0 Å². The third-order valence-corrected chi connectivity index (χ3v) is 6.09. The maximum absolute atomic E-state index is 11.7. The van der Waals surface area contributed by atoms with Crippen LogP contribution in [0.1, 0.15) is 25.7 Å². The molecule has 6 nitrogen and oxygen atoms in total. The number of piperidine rings is 1. The largest absolute Gasteiger partial charge is 0.341 e. The highest BCUT2D eigenvalue weighted by Crippen LogP contribution is 2.18. The number of anilines is 1. The Balaban J connectivity index is 1.50. The lowest BCUT2D eigenvalue weighted by molar-refractivity contribution is 0.359. The van der Waals surface area contributed by atoms with Crippen LogP contribution in [0.2, 0.25) is 0 Å². The van der Waals surface area contributed by atoms with Gasteiger partial charge in [0.05, 0.1) is 11.5 Å². The highest BCUT2D eigenvalue weighted by Gasteiger charge is 2.28. The van der Waals surface area contributed by atoms with Gasteiger partial charge in [-0.05, 0) is 31.7 Å².